The first-order valence-electron chi connectivity index (χ1n) is 6.07. The number of nitro benzene ring substituents is 1. The Morgan fingerprint density at radius 1 is 1.33 bits per heavy atom. The Hall–Kier alpha value is -2.15. The van der Waals surface area contributed by atoms with E-state index in [1.54, 1.807) is 19.1 Å². The molecular formula is C14H12BrFN2O3. The van der Waals surface area contributed by atoms with Crippen LogP contribution >= 0.6 is 15.9 Å². The molecule has 0 bridgehead atoms. The van der Waals surface area contributed by atoms with E-state index in [2.05, 4.69) is 21.2 Å². The van der Waals surface area contributed by atoms with Crippen molar-refractivity contribution in [1.82, 2.24) is 0 Å². The van der Waals surface area contributed by atoms with E-state index in [9.17, 15) is 19.6 Å². The summed E-state index contributed by atoms with van der Waals surface area (Å²) in [5, 5.41) is 23.2. The summed E-state index contributed by atoms with van der Waals surface area (Å²) in [6.45, 7) is 1.70. The molecule has 1 atom stereocenters. The van der Waals surface area contributed by atoms with Gasteiger partial charge in [-0.25, -0.2) is 4.39 Å². The predicted octanol–water partition coefficient (Wildman–Crippen LogP) is 4.38. The fraction of sp³-hybridized carbons (Fsp3) is 0.143. The Labute approximate surface area is 128 Å². The third-order valence-electron chi connectivity index (χ3n) is 2.98. The SMILES string of the molecule is CC(Nc1ccc(O)cc1[N+](=O)[O-])c1ccc(Br)cc1F. The molecule has 0 saturated carbocycles. The van der Waals surface area contributed by atoms with Crippen molar-refractivity contribution in [1.29, 1.82) is 0 Å². The summed E-state index contributed by atoms with van der Waals surface area (Å²) in [5.74, 6) is -0.611. The van der Waals surface area contributed by atoms with E-state index in [1.807, 2.05) is 0 Å². The molecule has 0 radical (unpaired) electrons. The molecule has 110 valence electrons. The van der Waals surface area contributed by atoms with Crippen molar-refractivity contribution in [2.24, 2.45) is 0 Å². The van der Waals surface area contributed by atoms with Gasteiger partial charge in [-0.1, -0.05) is 22.0 Å². The molecule has 0 spiro atoms. The Morgan fingerprint density at radius 2 is 2.05 bits per heavy atom. The molecule has 0 aliphatic heterocycles. The van der Waals surface area contributed by atoms with Crippen LogP contribution in [0.5, 0.6) is 5.75 Å². The highest BCUT2D eigenvalue weighted by atomic mass is 79.9. The second-order valence-electron chi connectivity index (χ2n) is 4.49. The summed E-state index contributed by atoms with van der Waals surface area (Å²) in [6, 6.07) is 7.93. The van der Waals surface area contributed by atoms with E-state index in [0.717, 1.165) is 6.07 Å². The fourth-order valence-electron chi connectivity index (χ4n) is 1.96. The number of phenols is 1. The van der Waals surface area contributed by atoms with Gasteiger partial charge in [0, 0.05) is 10.0 Å². The molecule has 2 aromatic rings. The molecule has 2 rings (SSSR count). The van der Waals surface area contributed by atoms with Crippen molar-refractivity contribution in [3.63, 3.8) is 0 Å². The largest absolute Gasteiger partial charge is 0.508 e. The Kier molecular flexibility index (Phi) is 4.42. The van der Waals surface area contributed by atoms with Crippen molar-refractivity contribution < 1.29 is 14.4 Å². The highest BCUT2D eigenvalue weighted by Crippen LogP contribution is 2.32. The van der Waals surface area contributed by atoms with Gasteiger partial charge in [0.05, 0.1) is 17.0 Å². The molecule has 1 unspecified atom stereocenters. The molecule has 0 saturated heterocycles. The van der Waals surface area contributed by atoms with Crippen LogP contribution in [0.2, 0.25) is 0 Å². The standard InChI is InChI=1S/C14H12BrFN2O3/c1-8(11-4-2-9(15)6-12(11)16)17-13-5-3-10(19)7-14(13)18(20)21/h2-8,17,19H,1H3. The minimum atomic E-state index is -0.604. The number of hydrogen-bond donors (Lipinski definition) is 2. The Bertz CT molecular complexity index is 694. The number of anilines is 1. The molecule has 0 aliphatic rings. The summed E-state index contributed by atoms with van der Waals surface area (Å²) >= 11 is 3.17. The van der Waals surface area contributed by atoms with Crippen LogP contribution in [0.3, 0.4) is 0 Å². The van der Waals surface area contributed by atoms with Gasteiger partial charge in [-0.05, 0) is 31.2 Å². The van der Waals surface area contributed by atoms with E-state index in [4.69, 9.17) is 0 Å². The van der Waals surface area contributed by atoms with Crippen molar-refractivity contribution in [2.75, 3.05) is 5.32 Å². The van der Waals surface area contributed by atoms with Crippen molar-refractivity contribution in [3.8, 4) is 5.75 Å². The van der Waals surface area contributed by atoms with Gasteiger partial charge in [-0.2, -0.15) is 0 Å². The summed E-state index contributed by atoms with van der Waals surface area (Å²) < 4.78 is 14.5. The molecule has 0 heterocycles. The van der Waals surface area contributed by atoms with Crippen LogP contribution in [0.25, 0.3) is 0 Å². The average molecular weight is 355 g/mol. The van der Waals surface area contributed by atoms with Crippen LogP contribution < -0.4 is 5.32 Å². The minimum absolute atomic E-state index is 0.199. The molecule has 2 aromatic carbocycles. The minimum Gasteiger partial charge on any atom is -0.508 e. The first-order valence-corrected chi connectivity index (χ1v) is 6.86. The van der Waals surface area contributed by atoms with E-state index in [1.165, 1.54) is 18.2 Å². The van der Waals surface area contributed by atoms with Crippen LogP contribution in [-0.2, 0) is 0 Å². The number of aromatic hydroxyl groups is 1. The number of hydrogen-bond acceptors (Lipinski definition) is 4. The van der Waals surface area contributed by atoms with E-state index in [0.29, 0.717) is 10.0 Å². The molecule has 0 fully saturated rings. The average Bonchev–Trinajstić information content (AvgIpc) is 2.40. The summed E-state index contributed by atoms with van der Waals surface area (Å²) in [7, 11) is 0. The maximum Gasteiger partial charge on any atom is 0.296 e. The summed E-state index contributed by atoms with van der Waals surface area (Å²) in [4.78, 5) is 10.4. The maximum absolute atomic E-state index is 13.9. The zero-order valence-electron chi connectivity index (χ0n) is 11.0. The van der Waals surface area contributed by atoms with Crippen molar-refractivity contribution >= 4 is 27.3 Å². The molecule has 7 heteroatoms. The lowest BCUT2D eigenvalue weighted by atomic mass is 10.1. The van der Waals surface area contributed by atoms with Crippen LogP contribution in [-0.4, -0.2) is 10.0 Å². The number of rotatable bonds is 4. The van der Waals surface area contributed by atoms with Gasteiger partial charge < -0.3 is 10.4 Å². The fourth-order valence-corrected chi connectivity index (χ4v) is 2.29. The Morgan fingerprint density at radius 3 is 2.67 bits per heavy atom. The molecular weight excluding hydrogens is 343 g/mol. The predicted molar refractivity (Wildman–Crippen MR) is 80.9 cm³/mol. The molecule has 21 heavy (non-hydrogen) atoms. The quantitative estimate of drug-likeness (QED) is 0.485. The van der Waals surface area contributed by atoms with Crippen LogP contribution in [0.1, 0.15) is 18.5 Å². The number of benzene rings is 2. The van der Waals surface area contributed by atoms with Crippen molar-refractivity contribution in [3.05, 3.63) is 62.4 Å². The van der Waals surface area contributed by atoms with Gasteiger partial charge >= 0.3 is 0 Å². The van der Waals surface area contributed by atoms with Crippen molar-refractivity contribution in [2.45, 2.75) is 13.0 Å². The smallest absolute Gasteiger partial charge is 0.296 e. The van der Waals surface area contributed by atoms with Gasteiger partial charge in [0.2, 0.25) is 0 Å². The zero-order chi connectivity index (χ0) is 15.6. The first kappa shape index (κ1) is 15.2. The summed E-state index contributed by atoms with van der Waals surface area (Å²) in [6.07, 6.45) is 0. The highest BCUT2D eigenvalue weighted by Gasteiger charge is 2.18. The van der Waals surface area contributed by atoms with Gasteiger partial charge in [-0.3, -0.25) is 10.1 Å². The van der Waals surface area contributed by atoms with E-state index >= 15 is 0 Å². The molecule has 0 aromatic heterocycles. The monoisotopic (exact) mass is 354 g/mol. The third kappa shape index (κ3) is 3.49. The van der Waals surface area contributed by atoms with Gasteiger partial charge in [-0.15, -0.1) is 0 Å². The molecule has 5 nitrogen and oxygen atoms in total. The van der Waals surface area contributed by atoms with Gasteiger partial charge in [0.25, 0.3) is 5.69 Å². The van der Waals surface area contributed by atoms with Crippen LogP contribution in [0.15, 0.2) is 40.9 Å². The number of phenolic OH excluding ortho intramolecular Hbond substituents is 1. The van der Waals surface area contributed by atoms with E-state index in [-0.39, 0.29) is 17.1 Å². The van der Waals surface area contributed by atoms with Crippen LogP contribution in [0.4, 0.5) is 15.8 Å². The first-order chi connectivity index (χ1) is 9.88. The topological polar surface area (TPSA) is 75.4 Å². The van der Waals surface area contributed by atoms with E-state index < -0.39 is 16.8 Å². The lowest BCUT2D eigenvalue weighted by Crippen LogP contribution is -2.10. The normalized spacial score (nSPS) is 12.0. The maximum atomic E-state index is 13.9. The lowest BCUT2D eigenvalue weighted by Gasteiger charge is -2.16. The number of halogens is 2. The Balaban J connectivity index is 2.31. The lowest BCUT2D eigenvalue weighted by molar-refractivity contribution is -0.384. The number of nitro groups is 1. The number of nitrogens with zero attached hydrogens (tertiary/aromatic N) is 1. The van der Waals surface area contributed by atoms with Gasteiger partial charge in [0.1, 0.15) is 17.3 Å². The van der Waals surface area contributed by atoms with Crippen LogP contribution in [0, 0.1) is 15.9 Å². The zero-order valence-corrected chi connectivity index (χ0v) is 12.6. The second kappa shape index (κ2) is 6.09. The molecule has 2 N–H and O–H groups in total. The van der Waals surface area contributed by atoms with Gasteiger partial charge in [0.15, 0.2) is 0 Å². The second-order valence-corrected chi connectivity index (χ2v) is 5.41. The highest BCUT2D eigenvalue weighted by molar-refractivity contribution is 9.10. The third-order valence-corrected chi connectivity index (χ3v) is 3.47. The number of nitrogens with one attached hydrogen (secondary N) is 1. The summed E-state index contributed by atoms with van der Waals surface area (Å²) in [5.41, 5.74) is 0.340. The molecule has 0 amide bonds. The molecule has 0 aliphatic carbocycles.